The summed E-state index contributed by atoms with van der Waals surface area (Å²) < 4.78 is 0.215. The maximum atomic E-state index is 2.29. The van der Waals surface area contributed by atoms with Gasteiger partial charge in [-0.05, 0) is 0 Å². The molecule has 0 atom stereocenters. The molecule has 0 unspecified atom stereocenters. The third-order valence-electron chi connectivity index (χ3n) is 3.55. The standard InChI is InChI=1S/C15H17.3ClH.Ti/c1-11-8-9-15(13(3)12(11)2)10-14-6-4-5-7-14;;;;/h4-9H,10H2,1-3H3;3*1H;/q;;;;+3/p-3. The minimum absolute atomic E-state index is 0. The summed E-state index contributed by atoms with van der Waals surface area (Å²) in [5.41, 5.74) is 5.76. The topological polar surface area (TPSA) is 0 Å². The first-order chi connectivity index (χ1) is 7.52. The Kier molecular flexibility index (Phi) is 9.70. The van der Waals surface area contributed by atoms with Gasteiger partial charge in [-0.2, -0.15) is 0 Å². The molecule has 102 valence electrons. The number of aryl methyl sites for hydroxylation is 1. The van der Waals surface area contributed by atoms with Crippen molar-refractivity contribution in [3.05, 3.63) is 58.7 Å². The van der Waals surface area contributed by atoms with Crippen molar-refractivity contribution in [2.24, 2.45) is 0 Å². The second-order valence-electron chi connectivity index (χ2n) is 4.73. The van der Waals surface area contributed by atoms with Gasteiger partial charge in [-0.1, -0.05) is 0 Å². The number of rotatable bonds is 2. The Morgan fingerprint density at radius 2 is 1.42 bits per heavy atom. The van der Waals surface area contributed by atoms with Crippen LogP contribution in [0, 0.1) is 20.8 Å². The minimum atomic E-state index is 0. The van der Waals surface area contributed by atoms with Crippen molar-refractivity contribution in [1.29, 1.82) is 0 Å². The van der Waals surface area contributed by atoms with Crippen LogP contribution in [0.1, 0.15) is 22.3 Å². The summed E-state index contributed by atoms with van der Waals surface area (Å²) in [7, 11) is 0. The van der Waals surface area contributed by atoms with Gasteiger partial charge in [-0.25, -0.2) is 0 Å². The first-order valence-corrected chi connectivity index (χ1v) is 6.48. The van der Waals surface area contributed by atoms with E-state index in [-0.39, 0.29) is 40.9 Å². The van der Waals surface area contributed by atoms with Crippen molar-refractivity contribution < 1.29 is 57.7 Å². The molecular weight excluding hydrogens is 334 g/mol. The Morgan fingerprint density at radius 3 is 1.95 bits per heavy atom. The summed E-state index contributed by atoms with van der Waals surface area (Å²) in [5, 5.41) is 0. The van der Waals surface area contributed by atoms with Gasteiger partial charge in [0.2, 0.25) is 0 Å². The molecule has 0 bridgehead atoms. The molecule has 0 radical (unpaired) electrons. The predicted molar refractivity (Wildman–Crippen MR) is 65.3 cm³/mol. The molecule has 4 heteroatoms. The van der Waals surface area contributed by atoms with Crippen LogP contribution in [0.2, 0.25) is 3.72 Å². The molecule has 19 heavy (non-hydrogen) atoms. The Labute approximate surface area is 146 Å². The van der Waals surface area contributed by atoms with Crippen molar-refractivity contribution in [3.8, 4) is 0 Å². The van der Waals surface area contributed by atoms with Crippen LogP contribution in [0.3, 0.4) is 0 Å². The Balaban J connectivity index is 0. The molecule has 0 spiro atoms. The molecule has 0 saturated carbocycles. The van der Waals surface area contributed by atoms with Crippen molar-refractivity contribution in [2.75, 3.05) is 0 Å². The van der Waals surface area contributed by atoms with Gasteiger partial charge in [-0.3, -0.25) is 0 Å². The molecule has 0 heterocycles. The Morgan fingerprint density at radius 1 is 0.895 bits per heavy atom. The van der Waals surface area contributed by atoms with Gasteiger partial charge in [0, 0.05) is 0 Å². The van der Waals surface area contributed by atoms with Crippen LogP contribution >= 0.6 is 0 Å². The molecule has 0 aromatic heterocycles. The zero-order valence-corrected chi connectivity index (χ0v) is 15.1. The number of hydrogen-bond acceptors (Lipinski definition) is 0. The van der Waals surface area contributed by atoms with E-state index in [1.54, 1.807) is 0 Å². The number of halogens is 3. The second kappa shape index (κ2) is 8.54. The smallest absolute Gasteiger partial charge is 1.00 e. The molecule has 0 N–H and O–H groups in total. The fourth-order valence-corrected chi connectivity index (χ4v) is 2.74. The summed E-state index contributed by atoms with van der Waals surface area (Å²) in [6.45, 7) is 6.64. The molecule has 1 aliphatic rings. The SMILES string of the molecule is Cc1ccc(C[C]2([Ti+3])C=CC=C2)c(C)c1C.[Cl-].[Cl-].[Cl-]. The van der Waals surface area contributed by atoms with Crippen molar-refractivity contribution in [1.82, 2.24) is 0 Å². The summed E-state index contributed by atoms with van der Waals surface area (Å²) in [4.78, 5) is 0. The average molecular weight is 352 g/mol. The number of hydrogen-bond donors (Lipinski definition) is 0. The van der Waals surface area contributed by atoms with Gasteiger partial charge >= 0.3 is 110 Å². The summed E-state index contributed by atoms with van der Waals surface area (Å²) >= 11 is 2.29. The first kappa shape index (κ1) is 21.6. The zero-order chi connectivity index (χ0) is 11.8. The molecule has 1 aromatic rings. The molecular formula is C15H17Cl3Ti. The fourth-order valence-electron chi connectivity index (χ4n) is 2.15. The van der Waals surface area contributed by atoms with Gasteiger partial charge in [0.05, 0.1) is 0 Å². The third-order valence-corrected chi connectivity index (χ3v) is 4.35. The van der Waals surface area contributed by atoms with Crippen molar-refractivity contribution >= 4 is 0 Å². The third kappa shape index (κ3) is 4.95. The van der Waals surface area contributed by atoms with E-state index < -0.39 is 0 Å². The van der Waals surface area contributed by atoms with Crippen molar-refractivity contribution in [3.63, 3.8) is 0 Å². The van der Waals surface area contributed by atoms with E-state index in [2.05, 4.69) is 77.6 Å². The van der Waals surface area contributed by atoms with E-state index in [1.165, 1.54) is 22.3 Å². The van der Waals surface area contributed by atoms with E-state index in [1.807, 2.05) is 0 Å². The quantitative estimate of drug-likeness (QED) is 0.468. The molecule has 0 aliphatic heterocycles. The van der Waals surface area contributed by atoms with Crippen LogP contribution in [0.4, 0.5) is 0 Å². The second-order valence-corrected chi connectivity index (χ2v) is 6.18. The van der Waals surface area contributed by atoms with Gasteiger partial charge in [0.1, 0.15) is 0 Å². The predicted octanol–water partition coefficient (Wildman–Crippen LogP) is -5.00. The summed E-state index contributed by atoms with van der Waals surface area (Å²) in [6.07, 6.45) is 9.99. The van der Waals surface area contributed by atoms with Crippen LogP contribution < -0.4 is 37.2 Å². The van der Waals surface area contributed by atoms with Crippen LogP contribution in [0.5, 0.6) is 0 Å². The van der Waals surface area contributed by atoms with Crippen LogP contribution in [-0.2, 0) is 26.9 Å². The average Bonchev–Trinajstić information content (AvgIpc) is 2.67. The first-order valence-electron chi connectivity index (χ1n) is 5.70. The minimum Gasteiger partial charge on any atom is -1.00 e. The molecule has 2 rings (SSSR count). The summed E-state index contributed by atoms with van der Waals surface area (Å²) in [5.74, 6) is 0. The van der Waals surface area contributed by atoms with E-state index in [4.69, 9.17) is 0 Å². The van der Waals surface area contributed by atoms with Crippen LogP contribution in [-0.4, -0.2) is 0 Å². The monoisotopic (exact) mass is 350 g/mol. The number of allylic oxidation sites excluding steroid dienone is 4. The molecule has 1 aliphatic carbocycles. The van der Waals surface area contributed by atoms with Gasteiger partial charge in [0.25, 0.3) is 0 Å². The largest absolute Gasteiger partial charge is 1.00 e. The Hall–Kier alpha value is 0.284. The van der Waals surface area contributed by atoms with Crippen LogP contribution in [0.15, 0.2) is 36.4 Å². The fraction of sp³-hybridized carbons (Fsp3) is 0.333. The molecule has 0 amide bonds. The molecule has 0 saturated heterocycles. The maximum Gasteiger partial charge on any atom is -1.00 e. The van der Waals surface area contributed by atoms with E-state index in [0.29, 0.717) is 0 Å². The van der Waals surface area contributed by atoms with E-state index in [9.17, 15) is 0 Å². The molecule has 0 nitrogen and oxygen atoms in total. The summed E-state index contributed by atoms with van der Waals surface area (Å²) in [6, 6.07) is 4.52. The van der Waals surface area contributed by atoms with E-state index >= 15 is 0 Å². The van der Waals surface area contributed by atoms with Crippen LogP contribution in [0.25, 0.3) is 0 Å². The molecule has 0 fully saturated rings. The molecule has 1 aromatic carbocycles. The van der Waals surface area contributed by atoms with E-state index in [0.717, 1.165) is 6.42 Å². The van der Waals surface area contributed by atoms with Gasteiger partial charge in [-0.15, -0.1) is 0 Å². The van der Waals surface area contributed by atoms with Crippen molar-refractivity contribution in [2.45, 2.75) is 30.9 Å². The van der Waals surface area contributed by atoms with Gasteiger partial charge in [0.15, 0.2) is 0 Å². The maximum absolute atomic E-state index is 2.29. The Bertz CT molecular complexity index is 467. The van der Waals surface area contributed by atoms with Gasteiger partial charge < -0.3 is 37.2 Å². The number of benzene rings is 1. The zero-order valence-electron chi connectivity index (χ0n) is 11.3. The normalized spacial score (nSPS) is 14.4.